The number of hydrogen-bond acceptors (Lipinski definition) is 0. The fourth-order valence-electron chi connectivity index (χ4n) is 0. The summed E-state index contributed by atoms with van der Waals surface area (Å²) in [6, 6.07) is 0. The maximum absolute atomic E-state index is 9.88. The van der Waals surface area contributed by atoms with E-state index in [1.165, 1.54) is 0 Å². The molecular formula is CeF4Na. The van der Waals surface area contributed by atoms with E-state index < -0.39 is 37.9 Å². The second-order valence-corrected chi connectivity index (χ2v) is 1.56. The van der Waals surface area contributed by atoms with Crippen LogP contribution in [0, 0.1) is 37.9 Å². The monoisotopic (exact) mass is 239 g/mol. The van der Waals surface area contributed by atoms with Crippen LogP contribution in [0.3, 0.4) is 0 Å². The maximum Gasteiger partial charge on any atom is 1.00 e. The minimum absolute atomic E-state index is 0. The summed E-state index contributed by atoms with van der Waals surface area (Å²) in [5.41, 5.74) is 0. The first-order valence-corrected chi connectivity index (χ1v) is 4.13. The van der Waals surface area contributed by atoms with Crippen molar-refractivity contribution in [3.05, 3.63) is 0 Å². The van der Waals surface area contributed by atoms with Crippen molar-refractivity contribution in [1.82, 2.24) is 0 Å². The molecule has 0 heterocycles. The van der Waals surface area contributed by atoms with Gasteiger partial charge in [-0.2, -0.15) is 0 Å². The van der Waals surface area contributed by atoms with E-state index >= 15 is 0 Å². The van der Waals surface area contributed by atoms with Gasteiger partial charge in [0.05, 0.1) is 0 Å². The van der Waals surface area contributed by atoms with E-state index in [1.807, 2.05) is 0 Å². The van der Waals surface area contributed by atoms with Gasteiger partial charge in [-0.05, 0) is 0 Å². The van der Waals surface area contributed by atoms with Crippen LogP contribution in [0.2, 0.25) is 0 Å². The summed E-state index contributed by atoms with van der Waals surface area (Å²) >= 11 is -5.16. The second-order valence-electron chi connectivity index (χ2n) is 0.214. The molecule has 0 aromatic heterocycles. The molecule has 0 fully saturated rings. The molecule has 33 valence electrons. The van der Waals surface area contributed by atoms with Crippen LogP contribution >= 0.6 is 0 Å². The molecule has 0 saturated carbocycles. The Morgan fingerprint density at radius 2 is 1.00 bits per heavy atom. The van der Waals surface area contributed by atoms with Gasteiger partial charge >= 0.3 is 70.2 Å². The molecule has 0 unspecified atom stereocenters. The van der Waals surface area contributed by atoms with Crippen LogP contribution in [-0.2, 0) is 0 Å². The third-order valence-corrected chi connectivity index (χ3v) is 0. The fraction of sp³-hybridized carbons (Fsp3) is 0. The summed E-state index contributed by atoms with van der Waals surface area (Å²) in [5, 5.41) is 0. The minimum Gasteiger partial charge on any atom is 1.00 e. The van der Waals surface area contributed by atoms with Gasteiger partial charge in [-0.25, -0.2) is 0 Å². The minimum atomic E-state index is -5.16. The number of hydrogen-bond donors (Lipinski definition) is 0. The Hall–Kier alpha value is 2.10. The predicted octanol–water partition coefficient (Wildman–Crippen LogP) is -4.73. The zero-order chi connectivity index (χ0) is 3.58. The van der Waals surface area contributed by atoms with E-state index in [-0.39, 0.29) is 34.3 Å². The van der Waals surface area contributed by atoms with Gasteiger partial charge < -0.3 is 4.70 Å². The zero-order valence-electron chi connectivity index (χ0n) is 3.01. The summed E-state index contributed by atoms with van der Waals surface area (Å²) in [6.45, 7) is 0. The van der Waals surface area contributed by atoms with E-state index in [9.17, 15) is 2.73 Å². The van der Waals surface area contributed by atoms with Crippen LogP contribution in [0.15, 0.2) is 0 Å². The Kier molecular flexibility index (Phi) is 26.6. The van der Waals surface area contributed by atoms with Gasteiger partial charge in [-0.1, -0.05) is 0 Å². The Labute approximate surface area is 73.4 Å². The predicted molar refractivity (Wildman–Crippen MR) is 3.32 cm³/mol. The van der Waals surface area contributed by atoms with Gasteiger partial charge in [0.25, 0.3) is 0 Å². The van der Waals surface area contributed by atoms with Gasteiger partial charge in [0.15, 0.2) is 0 Å². The van der Waals surface area contributed by atoms with E-state index in [2.05, 4.69) is 0 Å². The van der Waals surface area contributed by atoms with Crippen LogP contribution in [0.25, 0.3) is 0 Å². The Morgan fingerprint density at radius 3 is 1.00 bits per heavy atom. The van der Waals surface area contributed by atoms with Gasteiger partial charge in [0.1, 0.15) is 0 Å². The maximum atomic E-state index is 9.88. The normalized spacial score (nSPS) is 4.50. The summed E-state index contributed by atoms with van der Waals surface area (Å²) < 4.78 is 29.6. The molecule has 0 N–H and O–H groups in total. The largest absolute Gasteiger partial charge is 1.00 e. The number of halogens is 4. The third-order valence-electron chi connectivity index (χ3n) is 0. The van der Waals surface area contributed by atoms with Gasteiger partial charge in [-0.3, -0.25) is 0 Å². The third kappa shape index (κ3) is 36.0. The molecule has 6 heteroatoms. The first-order valence-electron chi connectivity index (χ1n) is 0.567. The molecule has 0 amide bonds. The van der Waals surface area contributed by atoms with Crippen LogP contribution < -0.4 is 34.3 Å². The summed E-state index contributed by atoms with van der Waals surface area (Å²) in [5.74, 6) is 0. The van der Waals surface area contributed by atoms with Gasteiger partial charge in [0, 0.05) is 0 Å². The summed E-state index contributed by atoms with van der Waals surface area (Å²) in [7, 11) is 0. The van der Waals surface area contributed by atoms with Crippen molar-refractivity contribution < 1.29 is 74.9 Å². The molecule has 0 aromatic rings. The van der Waals surface area contributed by atoms with E-state index in [0.29, 0.717) is 0 Å². The standard InChI is InChI=1S/Ce.4FH.Na/h;4*1H;/q+3;;;;;+1/p-4. The quantitative estimate of drug-likeness (QED) is 0.294. The zero-order valence-corrected chi connectivity index (χ0v) is 8.15. The Bertz CT molecular complexity index is 12.3. The van der Waals surface area contributed by atoms with Crippen molar-refractivity contribution in [2.24, 2.45) is 0 Å². The molecule has 0 rings (SSSR count). The smallest absolute Gasteiger partial charge is 1.00 e. The topological polar surface area (TPSA) is 0 Å². The molecule has 0 bridgehead atoms. The van der Waals surface area contributed by atoms with Crippen molar-refractivity contribution in [1.29, 1.82) is 0 Å². The fourth-order valence-corrected chi connectivity index (χ4v) is 0. The van der Waals surface area contributed by atoms with Crippen molar-refractivity contribution in [3.8, 4) is 0 Å². The second kappa shape index (κ2) is 10.2. The molecule has 0 aliphatic heterocycles. The molecule has 6 heavy (non-hydrogen) atoms. The summed E-state index contributed by atoms with van der Waals surface area (Å²) in [6.07, 6.45) is 0. The molecule has 0 aliphatic carbocycles. The number of rotatable bonds is 0. The van der Waals surface area contributed by atoms with E-state index in [4.69, 9.17) is 0 Å². The molecule has 0 radical (unpaired) electrons. The van der Waals surface area contributed by atoms with Crippen LogP contribution in [-0.4, -0.2) is 0 Å². The molecule has 0 aromatic carbocycles. The van der Waals surface area contributed by atoms with E-state index in [0.717, 1.165) is 0 Å². The molecular weight excluding hydrogens is 239 g/mol. The van der Waals surface area contributed by atoms with Crippen molar-refractivity contribution >= 4 is 0 Å². The first-order chi connectivity index (χ1) is 1.73. The Morgan fingerprint density at radius 1 is 1.00 bits per heavy atom. The first kappa shape index (κ1) is 15.7. The van der Waals surface area contributed by atoms with Crippen LogP contribution in [0.1, 0.15) is 0 Å². The average molecular weight is 239 g/mol. The molecule has 0 nitrogen and oxygen atoms in total. The van der Waals surface area contributed by atoms with Gasteiger partial charge in [-0.15, -0.1) is 0 Å². The SMILES string of the molecule is [F-].[F][Ce]([F])[F].[Na+]. The average Bonchev–Trinajstić information content (AvgIpc) is 0.811. The van der Waals surface area contributed by atoms with Gasteiger partial charge in [0.2, 0.25) is 0 Å². The molecule has 0 saturated heterocycles. The molecule has 0 atom stereocenters. The van der Waals surface area contributed by atoms with E-state index in [1.54, 1.807) is 0 Å². The van der Waals surface area contributed by atoms with Crippen molar-refractivity contribution in [2.75, 3.05) is 0 Å². The van der Waals surface area contributed by atoms with Crippen LogP contribution in [0.4, 0.5) is 2.73 Å². The van der Waals surface area contributed by atoms with Crippen LogP contribution in [0.5, 0.6) is 0 Å². The molecule has 0 aliphatic rings. The van der Waals surface area contributed by atoms with Crippen molar-refractivity contribution in [2.45, 2.75) is 0 Å². The molecule has 0 spiro atoms. The Balaban J connectivity index is -0.0000000450. The van der Waals surface area contributed by atoms with Crippen molar-refractivity contribution in [3.63, 3.8) is 0 Å². The summed E-state index contributed by atoms with van der Waals surface area (Å²) in [4.78, 5) is 0.